The van der Waals surface area contributed by atoms with Gasteiger partial charge in [-0.25, -0.2) is 4.39 Å². The van der Waals surface area contributed by atoms with Gasteiger partial charge in [0.15, 0.2) is 5.75 Å². The molecule has 2 atom stereocenters. The van der Waals surface area contributed by atoms with E-state index in [-0.39, 0.29) is 28.0 Å². The summed E-state index contributed by atoms with van der Waals surface area (Å²) in [6.07, 6.45) is 2.48. The molecule has 3 aliphatic rings. The number of nitrogens with one attached hydrogen (secondary N) is 3. The van der Waals surface area contributed by atoms with Crippen LogP contribution in [0.5, 0.6) is 5.75 Å². The zero-order valence-corrected chi connectivity index (χ0v) is 20.2. The minimum absolute atomic E-state index is 0.00296. The van der Waals surface area contributed by atoms with Gasteiger partial charge >= 0.3 is 5.69 Å². The summed E-state index contributed by atoms with van der Waals surface area (Å²) in [6.45, 7) is 3.44. The minimum Gasteiger partial charge on any atom is -0.486 e. The SMILES string of the molecule is CN1CCC2(CC1)CC(COc1cc3c(cc1[N+](=O)[O-])C(Nc1ccc(F)c(Cl)c1)NCN3)CO2. The normalized spacial score (nSPS) is 23.5. The lowest BCUT2D eigenvalue weighted by molar-refractivity contribution is -0.386. The van der Waals surface area contributed by atoms with Gasteiger partial charge in [0.1, 0.15) is 12.0 Å². The highest BCUT2D eigenvalue weighted by Crippen LogP contribution is 2.41. The first-order valence-corrected chi connectivity index (χ1v) is 12.2. The maximum absolute atomic E-state index is 13.5. The average Bonchev–Trinajstić information content (AvgIpc) is 3.24. The van der Waals surface area contributed by atoms with Crippen LogP contribution in [0.25, 0.3) is 0 Å². The highest BCUT2D eigenvalue weighted by Gasteiger charge is 2.42. The van der Waals surface area contributed by atoms with Crippen molar-refractivity contribution in [3.05, 3.63) is 56.8 Å². The Kier molecular flexibility index (Phi) is 6.71. The number of nitro groups is 1. The third-order valence-electron chi connectivity index (χ3n) is 7.11. The van der Waals surface area contributed by atoms with Gasteiger partial charge in [0.25, 0.3) is 0 Å². The van der Waals surface area contributed by atoms with Crippen molar-refractivity contribution >= 4 is 28.7 Å². The number of halogens is 2. The Labute approximate surface area is 208 Å². The molecule has 9 nitrogen and oxygen atoms in total. The van der Waals surface area contributed by atoms with E-state index in [0.29, 0.717) is 31.1 Å². The number of nitrogens with zero attached hydrogens (tertiary/aromatic N) is 2. The number of hydrogen-bond donors (Lipinski definition) is 3. The number of likely N-dealkylation sites (tertiary alicyclic amines) is 1. The summed E-state index contributed by atoms with van der Waals surface area (Å²) in [5, 5.41) is 21.5. The van der Waals surface area contributed by atoms with Gasteiger partial charge in [0, 0.05) is 48.1 Å². The van der Waals surface area contributed by atoms with Crippen LogP contribution in [0.1, 0.15) is 31.0 Å². The van der Waals surface area contributed by atoms with Crippen molar-refractivity contribution in [1.82, 2.24) is 10.2 Å². The second-order valence-electron chi connectivity index (χ2n) is 9.61. The van der Waals surface area contributed by atoms with E-state index in [4.69, 9.17) is 21.1 Å². The van der Waals surface area contributed by atoms with Gasteiger partial charge in [-0.3, -0.25) is 15.4 Å². The Balaban J connectivity index is 1.30. The third-order valence-corrected chi connectivity index (χ3v) is 7.40. The van der Waals surface area contributed by atoms with Crippen molar-refractivity contribution in [3.8, 4) is 5.75 Å². The molecule has 2 unspecified atom stereocenters. The number of piperidine rings is 1. The van der Waals surface area contributed by atoms with E-state index in [1.165, 1.54) is 18.2 Å². The molecule has 3 N–H and O–H groups in total. The maximum atomic E-state index is 13.5. The molecule has 0 aromatic heterocycles. The Hall–Kier alpha value is -2.66. The molecule has 11 heteroatoms. The van der Waals surface area contributed by atoms with E-state index >= 15 is 0 Å². The predicted molar refractivity (Wildman–Crippen MR) is 132 cm³/mol. The van der Waals surface area contributed by atoms with Crippen molar-refractivity contribution in [2.24, 2.45) is 5.92 Å². The van der Waals surface area contributed by atoms with Crippen LogP contribution in [-0.4, -0.2) is 55.4 Å². The second-order valence-corrected chi connectivity index (χ2v) is 10.0. The van der Waals surface area contributed by atoms with E-state index in [1.807, 2.05) is 0 Å². The van der Waals surface area contributed by atoms with Crippen LogP contribution in [-0.2, 0) is 4.74 Å². The molecule has 3 heterocycles. The number of rotatable bonds is 6. The maximum Gasteiger partial charge on any atom is 0.311 e. The lowest BCUT2D eigenvalue weighted by atomic mass is 9.86. The quantitative estimate of drug-likeness (QED) is 0.393. The van der Waals surface area contributed by atoms with Crippen molar-refractivity contribution in [2.45, 2.75) is 31.0 Å². The zero-order valence-electron chi connectivity index (χ0n) is 19.5. The Morgan fingerprint density at radius 2 is 2.14 bits per heavy atom. The fourth-order valence-electron chi connectivity index (χ4n) is 5.10. The van der Waals surface area contributed by atoms with Gasteiger partial charge in [0.2, 0.25) is 0 Å². The number of fused-ring (bicyclic) bond motifs is 1. The molecule has 35 heavy (non-hydrogen) atoms. The van der Waals surface area contributed by atoms with Crippen molar-refractivity contribution in [1.29, 1.82) is 0 Å². The first-order valence-electron chi connectivity index (χ1n) is 11.8. The van der Waals surface area contributed by atoms with E-state index < -0.39 is 16.9 Å². The average molecular weight is 506 g/mol. The molecule has 0 radical (unpaired) electrons. The van der Waals surface area contributed by atoms with Gasteiger partial charge in [0.05, 0.1) is 35.4 Å². The molecule has 0 bridgehead atoms. The van der Waals surface area contributed by atoms with Crippen LogP contribution in [0.15, 0.2) is 30.3 Å². The van der Waals surface area contributed by atoms with E-state index in [2.05, 4.69) is 27.9 Å². The number of nitro benzene ring substituents is 1. The third kappa shape index (κ3) is 5.16. The molecule has 188 valence electrons. The van der Waals surface area contributed by atoms with Gasteiger partial charge in [-0.1, -0.05) is 11.6 Å². The second kappa shape index (κ2) is 9.77. The summed E-state index contributed by atoms with van der Waals surface area (Å²) < 4.78 is 25.7. The molecule has 5 rings (SSSR count). The number of hydrogen-bond acceptors (Lipinski definition) is 8. The van der Waals surface area contributed by atoms with Crippen LogP contribution in [0.4, 0.5) is 21.5 Å². The fourth-order valence-corrected chi connectivity index (χ4v) is 5.28. The van der Waals surface area contributed by atoms with Crippen LogP contribution >= 0.6 is 11.6 Å². The summed E-state index contributed by atoms with van der Waals surface area (Å²) in [5.41, 5.74) is 1.78. The summed E-state index contributed by atoms with van der Waals surface area (Å²) >= 11 is 5.90. The standard InChI is InChI=1S/C24H29ClFN5O4/c1-30-6-4-24(5-7-30)11-15(13-35-24)12-34-22-10-20-17(9-21(22)31(32)33)23(28-14-27-20)29-16-2-3-19(26)18(25)8-16/h2-3,8-10,15,23,27-29H,4-7,11-14H2,1H3. The Morgan fingerprint density at radius 3 is 2.89 bits per heavy atom. The molecule has 1 spiro atoms. The fraction of sp³-hybridized carbons (Fsp3) is 0.500. The Bertz CT molecular complexity index is 1110. The first-order chi connectivity index (χ1) is 16.8. The first kappa shape index (κ1) is 24.1. The topological polar surface area (TPSA) is 101 Å². The van der Waals surface area contributed by atoms with Crippen LogP contribution < -0.4 is 20.7 Å². The summed E-state index contributed by atoms with van der Waals surface area (Å²) in [5.74, 6) is -0.0833. The molecular weight excluding hydrogens is 477 g/mol. The van der Waals surface area contributed by atoms with Crippen molar-refractivity contribution in [3.63, 3.8) is 0 Å². The van der Waals surface area contributed by atoms with Gasteiger partial charge in [-0.2, -0.15) is 0 Å². The summed E-state index contributed by atoms with van der Waals surface area (Å²) in [4.78, 5) is 13.8. The molecule has 2 saturated heterocycles. The van der Waals surface area contributed by atoms with Crippen LogP contribution in [0.3, 0.4) is 0 Å². The highest BCUT2D eigenvalue weighted by atomic mass is 35.5. The minimum atomic E-state index is -0.511. The van der Waals surface area contributed by atoms with Gasteiger partial charge < -0.3 is 25.0 Å². The molecule has 2 aromatic carbocycles. The van der Waals surface area contributed by atoms with Gasteiger partial charge in [-0.15, -0.1) is 0 Å². The summed E-state index contributed by atoms with van der Waals surface area (Å²) in [7, 11) is 2.12. The molecule has 0 aliphatic carbocycles. The lowest BCUT2D eigenvalue weighted by Gasteiger charge is -2.37. The highest BCUT2D eigenvalue weighted by molar-refractivity contribution is 6.31. The molecule has 3 aliphatic heterocycles. The lowest BCUT2D eigenvalue weighted by Crippen LogP contribution is -2.42. The molecule has 0 saturated carbocycles. The smallest absolute Gasteiger partial charge is 0.311 e. The molecule has 2 aromatic rings. The zero-order chi connectivity index (χ0) is 24.6. The van der Waals surface area contributed by atoms with Gasteiger partial charge in [-0.05, 0) is 44.5 Å². The number of anilines is 2. The number of ether oxygens (including phenoxy) is 2. The summed E-state index contributed by atoms with van der Waals surface area (Å²) in [6, 6.07) is 7.51. The van der Waals surface area contributed by atoms with Crippen LogP contribution in [0, 0.1) is 21.8 Å². The Morgan fingerprint density at radius 1 is 1.34 bits per heavy atom. The largest absolute Gasteiger partial charge is 0.486 e. The monoisotopic (exact) mass is 505 g/mol. The number of benzene rings is 2. The van der Waals surface area contributed by atoms with E-state index in [9.17, 15) is 14.5 Å². The van der Waals surface area contributed by atoms with Crippen LogP contribution in [0.2, 0.25) is 5.02 Å². The predicted octanol–water partition coefficient (Wildman–Crippen LogP) is 4.35. The van der Waals surface area contributed by atoms with E-state index in [1.54, 1.807) is 12.1 Å². The van der Waals surface area contributed by atoms with Crippen molar-refractivity contribution < 1.29 is 18.8 Å². The molecule has 0 amide bonds. The van der Waals surface area contributed by atoms with E-state index in [0.717, 1.165) is 38.0 Å². The molecule has 2 fully saturated rings. The van der Waals surface area contributed by atoms with Crippen molar-refractivity contribution in [2.75, 3.05) is 50.7 Å². The molecular formula is C24H29ClFN5O4.